The first-order valence-electron chi connectivity index (χ1n) is 9.73. The van der Waals surface area contributed by atoms with Gasteiger partial charge in [-0.15, -0.1) is 0 Å². The largest absolute Gasteiger partial charge is 0.383 e. The molecule has 6 heteroatoms. The van der Waals surface area contributed by atoms with Gasteiger partial charge in [0.1, 0.15) is 0 Å². The standard InChI is InChI=1S/C20H34N4O2/c1-4-21-20(24-13-10-19(11-14-24)26-5-2)23-16-17-6-8-18(9-7-17)22-12-15-25-3/h6-9,19,22H,4-5,10-16H2,1-3H3,(H,21,23). The molecule has 0 aromatic heterocycles. The lowest BCUT2D eigenvalue weighted by Gasteiger charge is -2.34. The molecule has 1 aromatic carbocycles. The Morgan fingerprint density at radius 1 is 1.19 bits per heavy atom. The van der Waals surface area contributed by atoms with Gasteiger partial charge in [-0.1, -0.05) is 12.1 Å². The van der Waals surface area contributed by atoms with Crippen LogP contribution in [0.5, 0.6) is 0 Å². The molecule has 1 heterocycles. The minimum absolute atomic E-state index is 0.400. The smallest absolute Gasteiger partial charge is 0.194 e. The summed E-state index contributed by atoms with van der Waals surface area (Å²) >= 11 is 0. The maximum atomic E-state index is 5.75. The van der Waals surface area contributed by atoms with Crippen molar-refractivity contribution in [1.29, 1.82) is 0 Å². The van der Waals surface area contributed by atoms with Crippen LogP contribution in [0.3, 0.4) is 0 Å². The number of piperidine rings is 1. The Kier molecular flexibility index (Phi) is 9.28. The first-order chi connectivity index (χ1) is 12.8. The molecule has 1 fully saturated rings. The Balaban J connectivity index is 1.88. The summed E-state index contributed by atoms with van der Waals surface area (Å²) in [7, 11) is 1.71. The topological polar surface area (TPSA) is 58.1 Å². The Bertz CT molecular complexity index is 525. The highest BCUT2D eigenvalue weighted by Gasteiger charge is 2.21. The third-order valence-electron chi connectivity index (χ3n) is 4.48. The van der Waals surface area contributed by atoms with Crippen molar-refractivity contribution in [1.82, 2.24) is 10.2 Å². The number of hydrogen-bond donors (Lipinski definition) is 2. The van der Waals surface area contributed by atoms with Gasteiger partial charge in [-0.05, 0) is 44.4 Å². The van der Waals surface area contributed by atoms with E-state index in [-0.39, 0.29) is 0 Å². The second kappa shape index (κ2) is 11.8. The molecule has 0 bridgehead atoms. The van der Waals surface area contributed by atoms with Crippen molar-refractivity contribution in [3.63, 3.8) is 0 Å². The Hall–Kier alpha value is -1.79. The van der Waals surface area contributed by atoms with E-state index >= 15 is 0 Å². The van der Waals surface area contributed by atoms with Gasteiger partial charge in [0, 0.05) is 45.6 Å². The van der Waals surface area contributed by atoms with Gasteiger partial charge in [-0.2, -0.15) is 0 Å². The van der Waals surface area contributed by atoms with Crippen LogP contribution in [0, 0.1) is 0 Å². The SMILES string of the molecule is CCNC(=NCc1ccc(NCCOC)cc1)N1CCC(OCC)CC1. The van der Waals surface area contributed by atoms with E-state index in [1.807, 2.05) is 0 Å². The average Bonchev–Trinajstić information content (AvgIpc) is 2.67. The number of ether oxygens (including phenoxy) is 2. The summed E-state index contributed by atoms with van der Waals surface area (Å²) in [6.45, 7) is 10.1. The predicted molar refractivity (Wildman–Crippen MR) is 108 cm³/mol. The van der Waals surface area contributed by atoms with Crippen LogP contribution in [0.15, 0.2) is 29.3 Å². The number of methoxy groups -OCH3 is 1. The van der Waals surface area contributed by atoms with Crippen LogP contribution in [0.4, 0.5) is 5.69 Å². The van der Waals surface area contributed by atoms with Crippen LogP contribution in [0.25, 0.3) is 0 Å². The minimum Gasteiger partial charge on any atom is -0.383 e. The van der Waals surface area contributed by atoms with Crippen LogP contribution in [-0.4, -0.2) is 63.5 Å². The number of hydrogen-bond acceptors (Lipinski definition) is 4. The molecule has 146 valence electrons. The van der Waals surface area contributed by atoms with E-state index in [9.17, 15) is 0 Å². The number of benzene rings is 1. The first kappa shape index (κ1) is 20.5. The van der Waals surface area contributed by atoms with Crippen LogP contribution < -0.4 is 10.6 Å². The highest BCUT2D eigenvalue weighted by Crippen LogP contribution is 2.15. The second-order valence-corrected chi connectivity index (χ2v) is 6.43. The number of nitrogens with one attached hydrogen (secondary N) is 2. The summed E-state index contributed by atoms with van der Waals surface area (Å²) in [5.41, 5.74) is 2.32. The van der Waals surface area contributed by atoms with Crippen molar-refractivity contribution in [2.75, 3.05) is 51.8 Å². The molecule has 1 aromatic rings. The van der Waals surface area contributed by atoms with Crippen molar-refractivity contribution in [2.45, 2.75) is 39.3 Å². The fourth-order valence-corrected chi connectivity index (χ4v) is 3.09. The van der Waals surface area contributed by atoms with Crippen LogP contribution in [0.1, 0.15) is 32.3 Å². The molecule has 2 N–H and O–H groups in total. The Morgan fingerprint density at radius 2 is 1.92 bits per heavy atom. The lowest BCUT2D eigenvalue weighted by molar-refractivity contribution is 0.0263. The number of nitrogens with zero attached hydrogens (tertiary/aromatic N) is 2. The number of guanidine groups is 1. The van der Waals surface area contributed by atoms with Gasteiger partial charge in [0.25, 0.3) is 0 Å². The quantitative estimate of drug-likeness (QED) is 0.402. The van der Waals surface area contributed by atoms with Gasteiger partial charge in [-0.25, -0.2) is 4.99 Å². The van der Waals surface area contributed by atoms with E-state index in [1.165, 1.54) is 5.56 Å². The molecule has 0 spiro atoms. The monoisotopic (exact) mass is 362 g/mol. The van der Waals surface area contributed by atoms with E-state index in [1.54, 1.807) is 7.11 Å². The van der Waals surface area contributed by atoms with Crippen molar-refractivity contribution < 1.29 is 9.47 Å². The molecule has 1 saturated heterocycles. The Labute approximate surface area is 158 Å². The summed E-state index contributed by atoms with van der Waals surface area (Å²) in [4.78, 5) is 7.18. The number of aliphatic imine (C=N–C) groups is 1. The molecule has 1 aliphatic heterocycles. The van der Waals surface area contributed by atoms with E-state index < -0.39 is 0 Å². The third-order valence-corrected chi connectivity index (χ3v) is 4.48. The summed E-state index contributed by atoms with van der Waals surface area (Å²) in [6, 6.07) is 8.45. The van der Waals surface area contributed by atoms with E-state index in [2.05, 4.69) is 53.6 Å². The molecule has 26 heavy (non-hydrogen) atoms. The van der Waals surface area contributed by atoms with Crippen molar-refractivity contribution in [2.24, 2.45) is 4.99 Å². The molecule has 2 rings (SSSR count). The van der Waals surface area contributed by atoms with E-state index in [0.717, 1.165) is 57.3 Å². The summed E-state index contributed by atoms with van der Waals surface area (Å²) in [5, 5.41) is 6.75. The highest BCUT2D eigenvalue weighted by molar-refractivity contribution is 5.80. The zero-order valence-electron chi connectivity index (χ0n) is 16.5. The first-order valence-corrected chi connectivity index (χ1v) is 9.73. The van der Waals surface area contributed by atoms with Crippen molar-refractivity contribution in [3.8, 4) is 0 Å². The number of likely N-dealkylation sites (tertiary alicyclic amines) is 1. The minimum atomic E-state index is 0.400. The maximum Gasteiger partial charge on any atom is 0.194 e. The number of rotatable bonds is 9. The zero-order valence-corrected chi connectivity index (χ0v) is 16.5. The van der Waals surface area contributed by atoms with Gasteiger partial charge in [0.2, 0.25) is 0 Å². The summed E-state index contributed by atoms with van der Waals surface area (Å²) < 4.78 is 10.8. The van der Waals surface area contributed by atoms with Crippen molar-refractivity contribution >= 4 is 11.6 Å². The fraction of sp³-hybridized carbons (Fsp3) is 0.650. The van der Waals surface area contributed by atoms with Gasteiger partial charge in [0.05, 0.1) is 19.3 Å². The average molecular weight is 363 g/mol. The molecule has 0 saturated carbocycles. The third kappa shape index (κ3) is 6.84. The lowest BCUT2D eigenvalue weighted by Crippen LogP contribution is -2.47. The Morgan fingerprint density at radius 3 is 2.54 bits per heavy atom. The van der Waals surface area contributed by atoms with Crippen molar-refractivity contribution in [3.05, 3.63) is 29.8 Å². The highest BCUT2D eigenvalue weighted by atomic mass is 16.5. The molecular formula is C20H34N4O2. The number of anilines is 1. The lowest BCUT2D eigenvalue weighted by atomic mass is 10.1. The maximum absolute atomic E-state index is 5.75. The molecule has 1 aliphatic rings. The summed E-state index contributed by atoms with van der Waals surface area (Å²) in [5.74, 6) is 1.00. The van der Waals surface area contributed by atoms with Crippen LogP contribution in [-0.2, 0) is 16.0 Å². The zero-order chi connectivity index (χ0) is 18.6. The molecular weight excluding hydrogens is 328 g/mol. The molecule has 6 nitrogen and oxygen atoms in total. The van der Waals surface area contributed by atoms with Crippen LogP contribution in [0.2, 0.25) is 0 Å². The summed E-state index contributed by atoms with van der Waals surface area (Å²) in [6.07, 6.45) is 2.54. The molecule has 0 radical (unpaired) electrons. The van der Waals surface area contributed by atoms with E-state index in [4.69, 9.17) is 14.5 Å². The van der Waals surface area contributed by atoms with Gasteiger partial charge in [0.15, 0.2) is 5.96 Å². The van der Waals surface area contributed by atoms with E-state index in [0.29, 0.717) is 19.3 Å². The van der Waals surface area contributed by atoms with Gasteiger partial charge < -0.3 is 25.0 Å². The molecule has 0 amide bonds. The van der Waals surface area contributed by atoms with Gasteiger partial charge >= 0.3 is 0 Å². The van der Waals surface area contributed by atoms with Gasteiger partial charge in [-0.3, -0.25) is 0 Å². The normalized spacial score (nSPS) is 16.0. The predicted octanol–water partition coefficient (Wildman–Crippen LogP) is 2.71. The second-order valence-electron chi connectivity index (χ2n) is 6.43. The molecule has 0 aliphatic carbocycles. The fourth-order valence-electron chi connectivity index (χ4n) is 3.09. The van der Waals surface area contributed by atoms with Crippen LogP contribution >= 0.6 is 0 Å². The molecule has 0 atom stereocenters. The molecule has 0 unspecified atom stereocenters.